The van der Waals surface area contributed by atoms with Crippen molar-refractivity contribution in [2.45, 2.75) is 6.92 Å². The first kappa shape index (κ1) is 15.6. The predicted molar refractivity (Wildman–Crippen MR) is 90.5 cm³/mol. The van der Waals surface area contributed by atoms with Crippen LogP contribution in [0.2, 0.25) is 0 Å². The lowest BCUT2D eigenvalue weighted by Crippen LogP contribution is -2.06. The van der Waals surface area contributed by atoms with Gasteiger partial charge in [-0.3, -0.25) is 10.1 Å². The fourth-order valence-electron chi connectivity index (χ4n) is 2.07. The molecule has 6 nitrogen and oxygen atoms in total. The van der Waals surface area contributed by atoms with Crippen molar-refractivity contribution in [3.8, 4) is 0 Å². The van der Waals surface area contributed by atoms with E-state index in [2.05, 4.69) is 20.9 Å². The lowest BCUT2D eigenvalue weighted by Gasteiger charge is -2.01. The van der Waals surface area contributed by atoms with Gasteiger partial charge in [-0.15, -0.1) is 11.3 Å². The van der Waals surface area contributed by atoms with Gasteiger partial charge in [-0.25, -0.2) is 9.79 Å². The number of carbonyl (C=O) groups excluding carboxylic acids is 1. The van der Waals surface area contributed by atoms with Crippen molar-refractivity contribution in [2.24, 2.45) is 4.99 Å². The third kappa shape index (κ3) is 3.22. The van der Waals surface area contributed by atoms with Crippen LogP contribution in [0.5, 0.6) is 0 Å². The number of carbonyl (C=O) groups is 1. The number of rotatable bonds is 3. The number of aliphatic imine (C=N–C) groups is 1. The molecule has 0 N–H and O–H groups in total. The molecule has 0 spiro atoms. The average Bonchev–Trinajstić information content (AvgIpc) is 3.05. The van der Waals surface area contributed by atoms with E-state index in [1.54, 1.807) is 19.1 Å². The molecule has 0 unspecified atom stereocenters. The summed E-state index contributed by atoms with van der Waals surface area (Å²) in [6, 6.07) is 8.20. The van der Waals surface area contributed by atoms with Crippen LogP contribution < -0.4 is 0 Å². The maximum Gasteiger partial charge on any atom is 0.363 e. The third-order valence-electron chi connectivity index (χ3n) is 3.13. The van der Waals surface area contributed by atoms with Crippen LogP contribution in [0.1, 0.15) is 16.0 Å². The van der Waals surface area contributed by atoms with Crippen molar-refractivity contribution in [2.75, 3.05) is 0 Å². The lowest BCUT2D eigenvalue weighted by molar-refractivity contribution is -0.385. The Balaban J connectivity index is 1.94. The molecule has 3 rings (SSSR count). The Hall–Kier alpha value is -2.32. The Morgan fingerprint density at radius 3 is 2.74 bits per heavy atom. The number of nitrogens with zero attached hydrogens (tertiary/aromatic N) is 2. The highest BCUT2D eigenvalue weighted by atomic mass is 79.9. The second-order valence-corrected chi connectivity index (χ2v) is 7.23. The van der Waals surface area contributed by atoms with E-state index < -0.39 is 10.9 Å². The summed E-state index contributed by atoms with van der Waals surface area (Å²) in [4.78, 5) is 27.4. The van der Waals surface area contributed by atoms with Crippen LogP contribution in [0.25, 0.3) is 6.08 Å². The van der Waals surface area contributed by atoms with Gasteiger partial charge < -0.3 is 4.74 Å². The molecule has 0 radical (unpaired) electrons. The molecule has 1 aromatic carbocycles. The average molecular weight is 393 g/mol. The van der Waals surface area contributed by atoms with Gasteiger partial charge in [-0.2, -0.15) is 0 Å². The van der Waals surface area contributed by atoms with E-state index in [4.69, 9.17) is 4.74 Å². The molecule has 0 amide bonds. The van der Waals surface area contributed by atoms with E-state index in [1.807, 2.05) is 12.1 Å². The first-order chi connectivity index (χ1) is 10.9. The molecule has 1 aliphatic heterocycles. The Labute approximate surface area is 143 Å². The summed E-state index contributed by atoms with van der Waals surface area (Å²) >= 11 is 4.82. The van der Waals surface area contributed by atoms with Crippen molar-refractivity contribution >= 4 is 50.9 Å². The molecule has 0 aliphatic carbocycles. The summed E-state index contributed by atoms with van der Waals surface area (Å²) in [6.07, 6.45) is 1.64. The molecule has 8 heteroatoms. The van der Waals surface area contributed by atoms with Gasteiger partial charge >= 0.3 is 5.97 Å². The van der Waals surface area contributed by atoms with E-state index in [9.17, 15) is 14.9 Å². The molecular formula is C15H9BrN2O4S. The molecule has 0 bridgehead atoms. The summed E-state index contributed by atoms with van der Waals surface area (Å²) in [5, 5.41) is 10.8. The maximum atomic E-state index is 11.9. The lowest BCUT2D eigenvalue weighted by atomic mass is 10.1. The normalized spacial score (nSPS) is 15.7. The maximum absolute atomic E-state index is 11.9. The van der Waals surface area contributed by atoms with E-state index in [0.29, 0.717) is 11.1 Å². The number of nitro benzene ring substituents is 1. The second-order valence-electron chi connectivity index (χ2n) is 4.74. The zero-order valence-electron chi connectivity index (χ0n) is 11.8. The minimum atomic E-state index is -0.541. The van der Waals surface area contributed by atoms with Crippen molar-refractivity contribution < 1.29 is 14.5 Å². The highest BCUT2D eigenvalue weighted by Crippen LogP contribution is 2.27. The van der Waals surface area contributed by atoms with E-state index >= 15 is 0 Å². The Morgan fingerprint density at radius 1 is 1.35 bits per heavy atom. The van der Waals surface area contributed by atoms with Gasteiger partial charge in [0.2, 0.25) is 5.90 Å². The number of thiophene rings is 1. The number of halogens is 1. The van der Waals surface area contributed by atoms with Crippen LogP contribution in [-0.4, -0.2) is 16.8 Å². The molecule has 2 aromatic rings. The molecule has 0 saturated heterocycles. The van der Waals surface area contributed by atoms with Crippen LogP contribution in [0, 0.1) is 17.0 Å². The van der Waals surface area contributed by atoms with E-state index in [1.165, 1.54) is 23.5 Å². The number of aryl methyl sites for hydroxylation is 1. The quantitative estimate of drug-likeness (QED) is 0.341. The van der Waals surface area contributed by atoms with Crippen molar-refractivity contribution in [1.82, 2.24) is 0 Å². The topological polar surface area (TPSA) is 81.8 Å². The molecule has 0 fully saturated rings. The van der Waals surface area contributed by atoms with Crippen LogP contribution in [0.15, 0.2) is 44.8 Å². The Kier molecular flexibility index (Phi) is 4.10. The number of benzene rings is 1. The fraction of sp³-hybridized carbons (Fsp3) is 0.0667. The van der Waals surface area contributed by atoms with Gasteiger partial charge in [0.05, 0.1) is 8.71 Å². The molecule has 23 heavy (non-hydrogen) atoms. The summed E-state index contributed by atoms with van der Waals surface area (Å²) in [5.74, 6) is -0.393. The predicted octanol–water partition coefficient (Wildman–Crippen LogP) is 4.07. The van der Waals surface area contributed by atoms with Gasteiger partial charge in [0.15, 0.2) is 5.70 Å². The monoisotopic (exact) mass is 392 g/mol. The van der Waals surface area contributed by atoms with Gasteiger partial charge in [0.25, 0.3) is 5.69 Å². The van der Waals surface area contributed by atoms with Crippen molar-refractivity contribution in [3.05, 3.63) is 65.9 Å². The summed E-state index contributed by atoms with van der Waals surface area (Å²) in [7, 11) is 0. The number of hydrogen-bond acceptors (Lipinski definition) is 6. The molecule has 2 heterocycles. The van der Waals surface area contributed by atoms with Gasteiger partial charge in [0.1, 0.15) is 0 Å². The number of hydrogen-bond donors (Lipinski definition) is 0. The molecule has 1 aromatic heterocycles. The highest BCUT2D eigenvalue weighted by Gasteiger charge is 2.25. The van der Waals surface area contributed by atoms with Gasteiger partial charge in [-0.1, -0.05) is 0 Å². The van der Waals surface area contributed by atoms with Crippen LogP contribution in [0.4, 0.5) is 5.69 Å². The molecule has 116 valence electrons. The van der Waals surface area contributed by atoms with Crippen LogP contribution >= 0.6 is 27.3 Å². The van der Waals surface area contributed by atoms with E-state index in [0.717, 1.165) is 8.66 Å². The molecule has 0 saturated carbocycles. The van der Waals surface area contributed by atoms with E-state index in [-0.39, 0.29) is 17.3 Å². The number of esters is 1. The molecule has 0 atom stereocenters. The van der Waals surface area contributed by atoms with Crippen LogP contribution in [-0.2, 0) is 9.53 Å². The fourth-order valence-corrected chi connectivity index (χ4v) is 3.43. The molecule has 1 aliphatic rings. The third-order valence-corrected chi connectivity index (χ3v) is 4.70. The number of ether oxygens (including phenoxy) is 1. The first-order valence-corrected chi connectivity index (χ1v) is 8.08. The Bertz CT molecular complexity index is 885. The largest absolute Gasteiger partial charge is 0.402 e. The minimum absolute atomic E-state index is 0.0119. The first-order valence-electron chi connectivity index (χ1n) is 6.47. The van der Waals surface area contributed by atoms with Gasteiger partial charge in [0, 0.05) is 22.1 Å². The SMILES string of the molecule is Cc1cc(C2=N/C(=C\c3ccc(Br)s3)C(=O)O2)ccc1[N+](=O)[O-]. The van der Waals surface area contributed by atoms with Crippen LogP contribution in [0.3, 0.4) is 0 Å². The van der Waals surface area contributed by atoms with Gasteiger partial charge in [-0.05, 0) is 53.2 Å². The zero-order chi connectivity index (χ0) is 16.6. The summed E-state index contributed by atoms with van der Waals surface area (Å²) in [5.41, 5.74) is 1.21. The van der Waals surface area contributed by atoms with Crippen molar-refractivity contribution in [3.63, 3.8) is 0 Å². The number of cyclic esters (lactones) is 1. The highest BCUT2D eigenvalue weighted by molar-refractivity contribution is 9.11. The summed E-state index contributed by atoms with van der Waals surface area (Å²) < 4.78 is 6.11. The minimum Gasteiger partial charge on any atom is -0.402 e. The van der Waals surface area contributed by atoms with Crippen molar-refractivity contribution in [1.29, 1.82) is 0 Å². The Morgan fingerprint density at radius 2 is 2.13 bits per heavy atom. The molecular weight excluding hydrogens is 384 g/mol. The standard InChI is InChI=1S/C15H9BrN2O4S/c1-8-6-9(2-4-12(8)18(20)21)14-17-11(15(19)22-14)7-10-3-5-13(16)23-10/h2-7H,1H3/b11-7-. The zero-order valence-corrected chi connectivity index (χ0v) is 14.2. The second kappa shape index (κ2) is 6.05. The smallest absolute Gasteiger partial charge is 0.363 e. The summed E-state index contributed by atoms with van der Waals surface area (Å²) in [6.45, 7) is 1.62. The number of nitro groups is 1.